The van der Waals surface area contributed by atoms with Gasteiger partial charge >= 0.3 is 0 Å². The van der Waals surface area contributed by atoms with Gasteiger partial charge in [0.2, 0.25) is 5.76 Å². The number of aryl methyl sites for hydroxylation is 2. The van der Waals surface area contributed by atoms with Crippen molar-refractivity contribution in [2.24, 2.45) is 5.16 Å². The van der Waals surface area contributed by atoms with Gasteiger partial charge in [0.15, 0.2) is 5.89 Å². The van der Waals surface area contributed by atoms with E-state index in [1.54, 1.807) is 18.7 Å². The minimum atomic E-state index is -0.225. The number of anilines is 1. The highest BCUT2D eigenvalue weighted by Gasteiger charge is 2.30. The fourth-order valence-corrected chi connectivity index (χ4v) is 2.59. The van der Waals surface area contributed by atoms with E-state index in [2.05, 4.69) is 10.1 Å². The van der Waals surface area contributed by atoms with E-state index in [4.69, 9.17) is 9.62 Å². The van der Waals surface area contributed by atoms with Crippen molar-refractivity contribution < 1.29 is 14.4 Å². The van der Waals surface area contributed by atoms with Gasteiger partial charge in [0.05, 0.1) is 17.1 Å². The number of benzene rings is 1. The van der Waals surface area contributed by atoms with Gasteiger partial charge in [-0.25, -0.2) is 4.98 Å². The summed E-state index contributed by atoms with van der Waals surface area (Å²) in [6.07, 6.45) is 0.491. The van der Waals surface area contributed by atoms with Crippen LogP contribution in [0, 0.1) is 13.8 Å². The lowest BCUT2D eigenvalue weighted by molar-refractivity contribution is 0.0958. The standard InChI is InChI=1S/C15H15N3O3/c1-9-14(21-10(2)16-9)15(19)18-8-7-12(17-20)11-5-3-4-6-13(11)18/h3-6,20H,7-8H2,1-2H3/b17-12-. The molecule has 2 aromatic rings. The Hall–Kier alpha value is -2.63. The van der Waals surface area contributed by atoms with E-state index in [9.17, 15) is 4.79 Å². The number of aromatic nitrogens is 1. The topological polar surface area (TPSA) is 78.9 Å². The smallest absolute Gasteiger partial charge is 0.296 e. The molecule has 3 rings (SSSR count). The first kappa shape index (κ1) is 13.4. The van der Waals surface area contributed by atoms with Crippen LogP contribution in [0.25, 0.3) is 0 Å². The highest BCUT2D eigenvalue weighted by Crippen LogP contribution is 2.29. The van der Waals surface area contributed by atoms with Crippen LogP contribution in [0.3, 0.4) is 0 Å². The molecule has 1 aromatic carbocycles. The Labute approximate surface area is 121 Å². The number of fused-ring (bicyclic) bond motifs is 1. The van der Waals surface area contributed by atoms with Gasteiger partial charge in [-0.05, 0) is 13.0 Å². The van der Waals surface area contributed by atoms with E-state index in [1.165, 1.54) is 0 Å². The van der Waals surface area contributed by atoms with Crippen LogP contribution in [0.5, 0.6) is 0 Å². The highest BCUT2D eigenvalue weighted by molar-refractivity contribution is 6.14. The molecular formula is C15H15N3O3. The second-order valence-corrected chi connectivity index (χ2v) is 4.92. The maximum atomic E-state index is 12.7. The molecule has 1 N–H and O–H groups in total. The Morgan fingerprint density at radius 3 is 2.81 bits per heavy atom. The molecule has 1 amide bonds. The summed E-state index contributed by atoms with van der Waals surface area (Å²) in [4.78, 5) is 18.5. The van der Waals surface area contributed by atoms with E-state index >= 15 is 0 Å². The van der Waals surface area contributed by atoms with Crippen LogP contribution < -0.4 is 4.90 Å². The second-order valence-electron chi connectivity index (χ2n) is 4.92. The van der Waals surface area contributed by atoms with E-state index in [0.29, 0.717) is 30.3 Å². The monoisotopic (exact) mass is 285 g/mol. The Morgan fingerprint density at radius 1 is 1.38 bits per heavy atom. The van der Waals surface area contributed by atoms with Gasteiger partial charge in [-0.3, -0.25) is 4.79 Å². The Kier molecular flexibility index (Phi) is 3.21. The zero-order valence-electron chi connectivity index (χ0n) is 11.8. The van der Waals surface area contributed by atoms with Gasteiger partial charge in [0.25, 0.3) is 5.91 Å². The summed E-state index contributed by atoms with van der Waals surface area (Å²) in [5, 5.41) is 12.4. The number of rotatable bonds is 1. The predicted octanol–water partition coefficient (Wildman–Crippen LogP) is 2.52. The summed E-state index contributed by atoms with van der Waals surface area (Å²) in [7, 11) is 0. The maximum absolute atomic E-state index is 12.7. The Balaban J connectivity index is 2.04. The van der Waals surface area contributed by atoms with E-state index < -0.39 is 0 Å². The summed E-state index contributed by atoms with van der Waals surface area (Å²) in [6, 6.07) is 7.36. The Bertz CT molecular complexity index is 734. The van der Waals surface area contributed by atoms with Crippen LogP contribution >= 0.6 is 0 Å². The third-order valence-electron chi connectivity index (χ3n) is 3.54. The van der Waals surface area contributed by atoms with Crippen molar-refractivity contribution >= 4 is 17.3 Å². The fraction of sp³-hybridized carbons (Fsp3) is 0.267. The maximum Gasteiger partial charge on any atom is 0.296 e. The largest absolute Gasteiger partial charge is 0.436 e. The molecule has 0 fully saturated rings. The first-order valence-corrected chi connectivity index (χ1v) is 6.68. The van der Waals surface area contributed by atoms with Crippen molar-refractivity contribution in [2.75, 3.05) is 11.4 Å². The number of hydrogen-bond acceptors (Lipinski definition) is 5. The molecule has 1 aromatic heterocycles. The van der Waals surface area contributed by atoms with Gasteiger partial charge in [-0.2, -0.15) is 0 Å². The minimum absolute atomic E-state index is 0.225. The van der Waals surface area contributed by atoms with Gasteiger partial charge in [-0.15, -0.1) is 0 Å². The molecule has 1 aliphatic heterocycles. The average Bonchev–Trinajstić information content (AvgIpc) is 2.84. The molecule has 0 saturated carbocycles. The molecule has 108 valence electrons. The zero-order chi connectivity index (χ0) is 15.0. The third-order valence-corrected chi connectivity index (χ3v) is 3.54. The number of nitrogens with zero attached hydrogens (tertiary/aromatic N) is 3. The summed E-state index contributed by atoms with van der Waals surface area (Å²) >= 11 is 0. The normalized spacial score (nSPS) is 16.1. The molecule has 6 nitrogen and oxygen atoms in total. The molecule has 0 bridgehead atoms. The summed E-state index contributed by atoms with van der Waals surface area (Å²) in [6.45, 7) is 3.90. The molecule has 2 heterocycles. The quantitative estimate of drug-likeness (QED) is 0.645. The van der Waals surface area contributed by atoms with Crippen molar-refractivity contribution in [3.8, 4) is 0 Å². The molecule has 0 saturated heterocycles. The number of carbonyl (C=O) groups is 1. The lowest BCUT2D eigenvalue weighted by atomic mass is 9.99. The van der Waals surface area contributed by atoms with Crippen molar-refractivity contribution in [3.63, 3.8) is 0 Å². The van der Waals surface area contributed by atoms with Crippen molar-refractivity contribution in [1.82, 2.24) is 4.98 Å². The number of carbonyl (C=O) groups excluding carboxylic acids is 1. The van der Waals surface area contributed by atoms with Crippen molar-refractivity contribution in [3.05, 3.63) is 47.2 Å². The predicted molar refractivity (Wildman–Crippen MR) is 77.0 cm³/mol. The lowest BCUT2D eigenvalue weighted by Crippen LogP contribution is -2.37. The summed E-state index contributed by atoms with van der Waals surface area (Å²) in [5.41, 5.74) is 2.64. The van der Waals surface area contributed by atoms with E-state index in [1.807, 2.05) is 24.3 Å². The molecule has 0 spiro atoms. The summed E-state index contributed by atoms with van der Waals surface area (Å²) in [5.74, 6) is 0.503. The molecule has 6 heteroatoms. The summed E-state index contributed by atoms with van der Waals surface area (Å²) < 4.78 is 5.42. The van der Waals surface area contributed by atoms with Gasteiger partial charge in [-0.1, -0.05) is 23.4 Å². The minimum Gasteiger partial charge on any atom is -0.436 e. The molecule has 0 unspecified atom stereocenters. The molecule has 0 aliphatic carbocycles. The van der Waals surface area contributed by atoms with Crippen LogP contribution in [-0.2, 0) is 0 Å². The van der Waals surface area contributed by atoms with Gasteiger partial charge < -0.3 is 14.5 Å². The van der Waals surface area contributed by atoms with Crippen molar-refractivity contribution in [1.29, 1.82) is 0 Å². The van der Waals surface area contributed by atoms with Crippen molar-refractivity contribution in [2.45, 2.75) is 20.3 Å². The van der Waals surface area contributed by atoms with Crippen LogP contribution in [0.2, 0.25) is 0 Å². The number of para-hydroxylation sites is 1. The van der Waals surface area contributed by atoms with Crippen LogP contribution in [0.4, 0.5) is 5.69 Å². The molecule has 21 heavy (non-hydrogen) atoms. The van der Waals surface area contributed by atoms with E-state index in [0.717, 1.165) is 11.3 Å². The number of hydrogen-bond donors (Lipinski definition) is 1. The molecular weight excluding hydrogens is 270 g/mol. The number of amides is 1. The SMILES string of the molecule is Cc1nc(C)c(C(=O)N2CC/C(=N/O)c3ccccc32)o1. The average molecular weight is 285 g/mol. The first-order chi connectivity index (χ1) is 10.1. The number of oxazole rings is 1. The van der Waals surface area contributed by atoms with E-state index in [-0.39, 0.29) is 11.7 Å². The highest BCUT2D eigenvalue weighted by atomic mass is 16.4. The molecule has 1 aliphatic rings. The third kappa shape index (κ3) is 2.18. The lowest BCUT2D eigenvalue weighted by Gasteiger charge is -2.29. The second kappa shape index (κ2) is 5.05. The van der Waals surface area contributed by atoms with Crippen LogP contribution in [-0.4, -0.2) is 28.4 Å². The van der Waals surface area contributed by atoms with Crippen LogP contribution in [0.1, 0.15) is 34.1 Å². The fourth-order valence-electron chi connectivity index (χ4n) is 2.59. The molecule has 0 atom stereocenters. The Morgan fingerprint density at radius 2 is 2.14 bits per heavy atom. The van der Waals surface area contributed by atoms with Crippen LogP contribution in [0.15, 0.2) is 33.8 Å². The zero-order valence-corrected chi connectivity index (χ0v) is 11.8. The van der Waals surface area contributed by atoms with Gasteiger partial charge in [0, 0.05) is 25.5 Å². The number of oxime groups is 1. The first-order valence-electron chi connectivity index (χ1n) is 6.68. The van der Waals surface area contributed by atoms with Gasteiger partial charge in [0.1, 0.15) is 0 Å². The molecule has 0 radical (unpaired) electrons.